The average Bonchev–Trinajstić information content (AvgIpc) is 2.52. The van der Waals surface area contributed by atoms with E-state index in [0.29, 0.717) is 25.0 Å². The Morgan fingerprint density at radius 1 is 1.04 bits per heavy atom. The molecule has 0 aliphatic rings. The van der Waals surface area contributed by atoms with E-state index in [1.165, 1.54) is 0 Å². The Morgan fingerprint density at radius 2 is 1.74 bits per heavy atom. The van der Waals surface area contributed by atoms with Crippen LogP contribution in [0.15, 0.2) is 36.4 Å². The quantitative estimate of drug-likeness (QED) is 0.558. The Balaban J connectivity index is 2.52. The van der Waals surface area contributed by atoms with Gasteiger partial charge in [0.25, 0.3) is 10.1 Å². The van der Waals surface area contributed by atoms with Gasteiger partial charge in [0.2, 0.25) is 0 Å². The Kier molecular flexibility index (Phi) is 6.02. The first-order chi connectivity index (χ1) is 11.0. The Morgan fingerprint density at radius 3 is 2.35 bits per heavy atom. The number of rotatable bonds is 8. The lowest BCUT2D eigenvalue weighted by Crippen LogP contribution is -2.12. The second-order valence-electron chi connectivity index (χ2n) is 5.69. The first kappa shape index (κ1) is 17.8. The van der Waals surface area contributed by atoms with Gasteiger partial charge in [-0.15, -0.1) is 0 Å². The van der Waals surface area contributed by atoms with Crippen LogP contribution in [0, 0.1) is 0 Å². The second kappa shape index (κ2) is 7.79. The maximum atomic E-state index is 11.8. The molecule has 0 bridgehead atoms. The molecule has 0 spiro atoms. The minimum absolute atomic E-state index is 0.388. The molecule has 0 aliphatic heterocycles. The molecule has 0 radical (unpaired) electrons. The summed E-state index contributed by atoms with van der Waals surface area (Å²) in [6.45, 7) is 4.64. The molecule has 2 aromatic carbocycles. The standard InChI is InChI=1S/C18H24O4S/c1-3-5-13-22-17-12-11-16(14-9-6-7-10-15(14)17)18(8-4-2)23(19,20)21/h6-7,9-12,18H,3-5,8,13H2,1-2H3,(H,19,20,21). The molecule has 0 aliphatic carbocycles. The van der Waals surface area contributed by atoms with E-state index in [-0.39, 0.29) is 0 Å². The van der Waals surface area contributed by atoms with Gasteiger partial charge in [-0.25, -0.2) is 0 Å². The van der Waals surface area contributed by atoms with Crippen LogP contribution in [-0.2, 0) is 10.1 Å². The van der Waals surface area contributed by atoms with Crippen LogP contribution in [-0.4, -0.2) is 19.6 Å². The minimum atomic E-state index is -4.15. The Bertz CT molecular complexity index is 753. The summed E-state index contributed by atoms with van der Waals surface area (Å²) < 4.78 is 39.0. The van der Waals surface area contributed by atoms with Crippen molar-refractivity contribution in [3.63, 3.8) is 0 Å². The van der Waals surface area contributed by atoms with E-state index in [1.54, 1.807) is 12.1 Å². The van der Waals surface area contributed by atoms with Gasteiger partial charge in [-0.05, 0) is 29.9 Å². The summed E-state index contributed by atoms with van der Waals surface area (Å²) in [5.74, 6) is 0.753. The van der Waals surface area contributed by atoms with Gasteiger partial charge >= 0.3 is 0 Å². The van der Waals surface area contributed by atoms with Crippen molar-refractivity contribution in [3.8, 4) is 5.75 Å². The molecule has 1 atom stereocenters. The monoisotopic (exact) mass is 336 g/mol. The predicted octanol–water partition coefficient (Wildman–Crippen LogP) is 4.75. The largest absolute Gasteiger partial charge is 0.493 e. The zero-order valence-corrected chi connectivity index (χ0v) is 14.5. The number of unbranched alkanes of at least 4 members (excludes halogenated alkanes) is 1. The second-order valence-corrected chi connectivity index (χ2v) is 7.29. The summed E-state index contributed by atoms with van der Waals surface area (Å²) in [5, 5.41) is 0.797. The van der Waals surface area contributed by atoms with E-state index < -0.39 is 15.4 Å². The van der Waals surface area contributed by atoms with Gasteiger partial charge < -0.3 is 4.74 Å². The number of ether oxygens (including phenoxy) is 1. The van der Waals surface area contributed by atoms with Crippen molar-refractivity contribution in [1.29, 1.82) is 0 Å². The van der Waals surface area contributed by atoms with Crippen molar-refractivity contribution in [3.05, 3.63) is 42.0 Å². The van der Waals surface area contributed by atoms with Gasteiger partial charge in [0, 0.05) is 5.39 Å². The molecule has 2 rings (SSSR count). The van der Waals surface area contributed by atoms with Crippen LogP contribution in [0.3, 0.4) is 0 Å². The molecule has 5 heteroatoms. The molecule has 0 saturated carbocycles. The summed E-state index contributed by atoms with van der Waals surface area (Å²) >= 11 is 0. The zero-order valence-electron chi connectivity index (χ0n) is 13.7. The maximum absolute atomic E-state index is 11.8. The first-order valence-corrected chi connectivity index (χ1v) is 9.60. The van der Waals surface area contributed by atoms with Crippen LogP contribution in [0.5, 0.6) is 5.75 Å². The fourth-order valence-corrected chi connectivity index (χ4v) is 3.81. The summed E-state index contributed by atoms with van der Waals surface area (Å²) in [6, 6.07) is 11.1. The zero-order chi connectivity index (χ0) is 16.9. The fourth-order valence-electron chi connectivity index (χ4n) is 2.75. The predicted molar refractivity (Wildman–Crippen MR) is 93.5 cm³/mol. The van der Waals surface area contributed by atoms with Gasteiger partial charge in [-0.1, -0.05) is 57.0 Å². The van der Waals surface area contributed by atoms with E-state index in [4.69, 9.17) is 4.74 Å². The van der Waals surface area contributed by atoms with Crippen molar-refractivity contribution in [1.82, 2.24) is 0 Å². The molecule has 0 amide bonds. The molecule has 0 heterocycles. The van der Waals surface area contributed by atoms with Crippen molar-refractivity contribution < 1.29 is 17.7 Å². The lowest BCUT2D eigenvalue weighted by molar-refractivity contribution is 0.313. The highest BCUT2D eigenvalue weighted by Gasteiger charge is 2.26. The van der Waals surface area contributed by atoms with Gasteiger partial charge in [-0.3, -0.25) is 4.55 Å². The van der Waals surface area contributed by atoms with Gasteiger partial charge in [0.1, 0.15) is 11.0 Å². The topological polar surface area (TPSA) is 63.6 Å². The third-order valence-corrected chi connectivity index (χ3v) is 5.14. The molecule has 0 aromatic heterocycles. The third-order valence-electron chi connectivity index (χ3n) is 3.93. The number of hydrogen-bond acceptors (Lipinski definition) is 3. The van der Waals surface area contributed by atoms with Gasteiger partial charge in [-0.2, -0.15) is 8.42 Å². The van der Waals surface area contributed by atoms with Crippen LogP contribution in [0.1, 0.15) is 50.3 Å². The molecular formula is C18H24O4S. The highest BCUT2D eigenvalue weighted by Crippen LogP contribution is 2.36. The summed E-state index contributed by atoms with van der Waals surface area (Å²) in [6.07, 6.45) is 3.09. The molecule has 126 valence electrons. The minimum Gasteiger partial charge on any atom is -0.493 e. The summed E-state index contributed by atoms with van der Waals surface area (Å²) in [4.78, 5) is 0. The van der Waals surface area contributed by atoms with Gasteiger partial charge in [0.15, 0.2) is 0 Å². The summed E-state index contributed by atoms with van der Waals surface area (Å²) in [7, 11) is -4.15. The Hall–Kier alpha value is -1.59. The highest BCUT2D eigenvalue weighted by molar-refractivity contribution is 7.86. The van der Waals surface area contributed by atoms with Crippen LogP contribution < -0.4 is 4.74 Å². The lowest BCUT2D eigenvalue weighted by Gasteiger charge is -2.18. The molecule has 23 heavy (non-hydrogen) atoms. The van der Waals surface area contributed by atoms with Crippen LogP contribution in [0.4, 0.5) is 0 Å². The molecule has 2 aromatic rings. The maximum Gasteiger partial charge on any atom is 0.272 e. The van der Waals surface area contributed by atoms with Crippen LogP contribution in [0.2, 0.25) is 0 Å². The smallest absolute Gasteiger partial charge is 0.272 e. The van der Waals surface area contributed by atoms with E-state index in [1.807, 2.05) is 31.2 Å². The molecule has 1 unspecified atom stereocenters. The first-order valence-electron chi connectivity index (χ1n) is 8.09. The van der Waals surface area contributed by atoms with Crippen molar-refractivity contribution in [2.24, 2.45) is 0 Å². The summed E-state index contributed by atoms with van der Waals surface area (Å²) in [5.41, 5.74) is 0.632. The molecule has 0 fully saturated rings. The van der Waals surface area contributed by atoms with E-state index >= 15 is 0 Å². The van der Waals surface area contributed by atoms with Crippen LogP contribution in [0.25, 0.3) is 10.8 Å². The van der Waals surface area contributed by atoms with E-state index in [9.17, 15) is 13.0 Å². The SMILES string of the molecule is CCCCOc1ccc(C(CCC)S(=O)(=O)O)c2ccccc12. The normalized spacial score (nSPS) is 13.2. The molecular weight excluding hydrogens is 312 g/mol. The lowest BCUT2D eigenvalue weighted by atomic mass is 9.99. The molecule has 4 nitrogen and oxygen atoms in total. The van der Waals surface area contributed by atoms with E-state index in [2.05, 4.69) is 6.92 Å². The molecule has 0 saturated heterocycles. The van der Waals surface area contributed by atoms with Crippen molar-refractivity contribution in [2.45, 2.75) is 44.8 Å². The fraction of sp³-hybridized carbons (Fsp3) is 0.444. The van der Waals surface area contributed by atoms with Crippen molar-refractivity contribution >= 4 is 20.9 Å². The number of fused-ring (bicyclic) bond motifs is 1. The number of hydrogen-bond donors (Lipinski definition) is 1. The van der Waals surface area contributed by atoms with E-state index in [0.717, 1.165) is 29.4 Å². The van der Waals surface area contributed by atoms with Crippen molar-refractivity contribution in [2.75, 3.05) is 6.61 Å². The number of benzene rings is 2. The highest BCUT2D eigenvalue weighted by atomic mass is 32.2. The van der Waals surface area contributed by atoms with Crippen LogP contribution >= 0.6 is 0 Å². The van der Waals surface area contributed by atoms with Gasteiger partial charge in [0.05, 0.1) is 6.61 Å². The average molecular weight is 336 g/mol. The third kappa shape index (κ3) is 4.24. The Labute approximate surface area is 138 Å². The molecule has 1 N–H and O–H groups in total.